The van der Waals surface area contributed by atoms with Crippen molar-refractivity contribution in [2.45, 2.75) is 6.92 Å². The summed E-state index contributed by atoms with van der Waals surface area (Å²) in [7, 11) is 0. The molecule has 3 aromatic heterocycles. The molecule has 0 spiro atoms. The highest BCUT2D eigenvalue weighted by molar-refractivity contribution is 5.95. The van der Waals surface area contributed by atoms with Crippen LogP contribution in [-0.4, -0.2) is 25.1 Å². The standard InChI is InChI=1S/C21H15N5O/c1-12-6-7-14(11-22-12)13-8-9-18-16(10-13)19(26-25-18)20-23-17-5-3-2-4-15(17)21(27)24-20/h2-11H,1H3,(H,25,26)(H,23,24,27). The number of pyridine rings is 1. The number of rotatable bonds is 2. The van der Waals surface area contributed by atoms with E-state index in [-0.39, 0.29) is 5.56 Å². The second kappa shape index (κ2) is 5.88. The molecule has 5 rings (SSSR count). The number of H-pyrrole nitrogens is 2. The Bertz CT molecular complexity index is 1350. The molecule has 0 aliphatic heterocycles. The number of fused-ring (bicyclic) bond motifs is 2. The SMILES string of the molecule is Cc1ccc(-c2ccc3[nH]nc(-c4nc(=O)c5ccccc5[nH]4)c3c2)cn1. The van der Waals surface area contributed by atoms with Gasteiger partial charge in [-0.1, -0.05) is 24.3 Å². The molecule has 0 atom stereocenters. The number of nitrogens with one attached hydrogen (secondary N) is 2. The Morgan fingerprint density at radius 2 is 1.74 bits per heavy atom. The van der Waals surface area contributed by atoms with Crippen molar-refractivity contribution in [3.63, 3.8) is 0 Å². The number of aryl methyl sites for hydroxylation is 1. The van der Waals surface area contributed by atoms with Crippen molar-refractivity contribution in [3.05, 3.63) is 76.8 Å². The summed E-state index contributed by atoms with van der Waals surface area (Å²) in [5, 5.41) is 8.86. The summed E-state index contributed by atoms with van der Waals surface area (Å²) < 4.78 is 0. The van der Waals surface area contributed by atoms with Crippen LogP contribution in [0.4, 0.5) is 0 Å². The van der Waals surface area contributed by atoms with Gasteiger partial charge in [0.25, 0.3) is 5.56 Å². The maximum atomic E-state index is 12.4. The van der Waals surface area contributed by atoms with E-state index < -0.39 is 0 Å². The summed E-state index contributed by atoms with van der Waals surface area (Å²) in [6.07, 6.45) is 1.85. The molecule has 2 N–H and O–H groups in total. The Hall–Kier alpha value is -3.80. The molecule has 6 heteroatoms. The Morgan fingerprint density at radius 1 is 0.889 bits per heavy atom. The van der Waals surface area contributed by atoms with Crippen molar-refractivity contribution in [2.24, 2.45) is 0 Å². The fourth-order valence-corrected chi connectivity index (χ4v) is 3.22. The smallest absolute Gasteiger partial charge is 0.281 e. The molecule has 0 unspecified atom stereocenters. The van der Waals surface area contributed by atoms with Gasteiger partial charge in [0.15, 0.2) is 5.82 Å². The lowest BCUT2D eigenvalue weighted by molar-refractivity contribution is 1.08. The zero-order valence-corrected chi connectivity index (χ0v) is 14.5. The summed E-state index contributed by atoms with van der Waals surface area (Å²) in [6, 6.07) is 17.4. The van der Waals surface area contributed by atoms with Gasteiger partial charge in [0.2, 0.25) is 0 Å². The van der Waals surface area contributed by atoms with Crippen LogP contribution in [0.1, 0.15) is 5.69 Å². The Balaban J connectivity index is 1.71. The summed E-state index contributed by atoms with van der Waals surface area (Å²) in [5.41, 5.74) is 4.99. The molecule has 0 bridgehead atoms. The average Bonchev–Trinajstić information content (AvgIpc) is 3.12. The average molecular weight is 353 g/mol. The predicted molar refractivity (Wildman–Crippen MR) is 105 cm³/mol. The normalized spacial score (nSPS) is 11.3. The monoisotopic (exact) mass is 353 g/mol. The molecule has 0 amide bonds. The van der Waals surface area contributed by atoms with E-state index in [2.05, 4.69) is 25.1 Å². The van der Waals surface area contributed by atoms with Gasteiger partial charge in [-0.05, 0) is 42.8 Å². The lowest BCUT2D eigenvalue weighted by Crippen LogP contribution is -2.09. The lowest BCUT2D eigenvalue weighted by Gasteiger charge is -2.04. The summed E-state index contributed by atoms with van der Waals surface area (Å²) in [6.45, 7) is 1.96. The van der Waals surface area contributed by atoms with E-state index >= 15 is 0 Å². The van der Waals surface area contributed by atoms with Crippen molar-refractivity contribution in [2.75, 3.05) is 0 Å². The molecule has 0 fully saturated rings. The number of aromatic nitrogens is 5. The third kappa shape index (κ3) is 2.58. The topological polar surface area (TPSA) is 87.3 Å². The van der Waals surface area contributed by atoms with Crippen molar-refractivity contribution < 1.29 is 0 Å². The highest BCUT2D eigenvalue weighted by Crippen LogP contribution is 2.29. The molecule has 0 saturated carbocycles. The molecular formula is C21H15N5O. The fourth-order valence-electron chi connectivity index (χ4n) is 3.22. The van der Waals surface area contributed by atoms with Gasteiger partial charge in [0.05, 0.1) is 16.4 Å². The molecule has 27 heavy (non-hydrogen) atoms. The first kappa shape index (κ1) is 15.5. The van der Waals surface area contributed by atoms with E-state index in [1.165, 1.54) is 0 Å². The molecule has 0 aliphatic carbocycles. The number of hydrogen-bond acceptors (Lipinski definition) is 4. The molecule has 2 aromatic carbocycles. The minimum atomic E-state index is -0.269. The second-order valence-corrected chi connectivity index (χ2v) is 6.46. The van der Waals surface area contributed by atoms with Gasteiger partial charge in [0, 0.05) is 22.8 Å². The van der Waals surface area contributed by atoms with Crippen LogP contribution < -0.4 is 5.56 Å². The van der Waals surface area contributed by atoms with Crippen LogP contribution in [0.3, 0.4) is 0 Å². The summed E-state index contributed by atoms with van der Waals surface area (Å²) >= 11 is 0. The van der Waals surface area contributed by atoms with Gasteiger partial charge >= 0.3 is 0 Å². The van der Waals surface area contributed by atoms with Gasteiger partial charge in [-0.2, -0.15) is 10.1 Å². The van der Waals surface area contributed by atoms with E-state index in [1.54, 1.807) is 6.07 Å². The number of para-hydroxylation sites is 1. The van der Waals surface area contributed by atoms with Crippen LogP contribution in [0.2, 0.25) is 0 Å². The third-order valence-electron chi connectivity index (χ3n) is 4.66. The van der Waals surface area contributed by atoms with E-state index in [4.69, 9.17) is 0 Å². The minimum absolute atomic E-state index is 0.269. The maximum absolute atomic E-state index is 12.4. The molecule has 0 saturated heterocycles. The molecule has 6 nitrogen and oxygen atoms in total. The largest absolute Gasteiger partial charge is 0.338 e. The van der Waals surface area contributed by atoms with E-state index in [1.807, 2.05) is 61.7 Å². The number of aromatic amines is 2. The molecule has 0 radical (unpaired) electrons. The first-order valence-electron chi connectivity index (χ1n) is 8.60. The highest BCUT2D eigenvalue weighted by atomic mass is 16.1. The van der Waals surface area contributed by atoms with E-state index in [0.29, 0.717) is 16.9 Å². The van der Waals surface area contributed by atoms with E-state index in [0.717, 1.165) is 33.2 Å². The first-order chi connectivity index (χ1) is 13.2. The number of benzene rings is 2. The summed E-state index contributed by atoms with van der Waals surface area (Å²) in [4.78, 5) is 24.2. The Labute approximate surface area is 153 Å². The van der Waals surface area contributed by atoms with E-state index in [9.17, 15) is 4.79 Å². The van der Waals surface area contributed by atoms with Crippen molar-refractivity contribution in [1.29, 1.82) is 0 Å². The van der Waals surface area contributed by atoms with Crippen LogP contribution in [0.15, 0.2) is 65.6 Å². The quantitative estimate of drug-likeness (QED) is 0.505. The minimum Gasteiger partial charge on any atom is -0.338 e. The molecule has 130 valence electrons. The van der Waals surface area contributed by atoms with Crippen LogP contribution in [0, 0.1) is 6.92 Å². The molecule has 0 aliphatic rings. The number of nitrogens with zero attached hydrogens (tertiary/aromatic N) is 3. The van der Waals surface area contributed by atoms with Crippen molar-refractivity contribution >= 4 is 21.8 Å². The lowest BCUT2D eigenvalue weighted by atomic mass is 10.0. The fraction of sp³-hybridized carbons (Fsp3) is 0.0476. The highest BCUT2D eigenvalue weighted by Gasteiger charge is 2.13. The van der Waals surface area contributed by atoms with Crippen molar-refractivity contribution in [3.8, 4) is 22.6 Å². The molecular weight excluding hydrogens is 338 g/mol. The molecule has 5 aromatic rings. The maximum Gasteiger partial charge on any atom is 0.281 e. The van der Waals surface area contributed by atoms with Crippen LogP contribution >= 0.6 is 0 Å². The van der Waals surface area contributed by atoms with Crippen LogP contribution in [0.5, 0.6) is 0 Å². The van der Waals surface area contributed by atoms with Crippen LogP contribution in [0.25, 0.3) is 44.5 Å². The van der Waals surface area contributed by atoms with Gasteiger partial charge in [-0.15, -0.1) is 0 Å². The first-order valence-corrected chi connectivity index (χ1v) is 8.60. The van der Waals surface area contributed by atoms with Crippen molar-refractivity contribution in [1.82, 2.24) is 25.1 Å². The van der Waals surface area contributed by atoms with Crippen LogP contribution in [-0.2, 0) is 0 Å². The predicted octanol–water partition coefficient (Wildman–Crippen LogP) is 3.84. The zero-order valence-electron chi connectivity index (χ0n) is 14.5. The van der Waals surface area contributed by atoms with Gasteiger partial charge in [0.1, 0.15) is 5.69 Å². The number of hydrogen-bond donors (Lipinski definition) is 2. The molecule has 3 heterocycles. The zero-order chi connectivity index (χ0) is 18.4. The van der Waals surface area contributed by atoms with Gasteiger partial charge in [-0.25, -0.2) is 0 Å². The van der Waals surface area contributed by atoms with Gasteiger partial charge in [-0.3, -0.25) is 14.9 Å². The summed E-state index contributed by atoms with van der Waals surface area (Å²) in [5.74, 6) is 0.448. The Kier molecular flexibility index (Phi) is 3.36. The second-order valence-electron chi connectivity index (χ2n) is 6.46. The third-order valence-corrected chi connectivity index (χ3v) is 4.66. The Morgan fingerprint density at radius 3 is 2.59 bits per heavy atom. The van der Waals surface area contributed by atoms with Gasteiger partial charge < -0.3 is 4.98 Å².